The topological polar surface area (TPSA) is 105 Å². The van der Waals surface area contributed by atoms with Crippen molar-refractivity contribution < 1.29 is 18.0 Å². The van der Waals surface area contributed by atoms with E-state index in [1.54, 1.807) is 18.2 Å². The molecule has 1 aliphatic heterocycles. The first-order valence-corrected chi connectivity index (χ1v) is 7.32. The van der Waals surface area contributed by atoms with Crippen molar-refractivity contribution >= 4 is 33.4 Å². The molecule has 1 aliphatic rings. The highest BCUT2D eigenvalue weighted by atomic mass is 32.2. The molecule has 1 aromatic carbocycles. The van der Waals surface area contributed by atoms with Crippen LogP contribution >= 0.6 is 0 Å². The van der Waals surface area contributed by atoms with Crippen molar-refractivity contribution in [2.45, 2.75) is 19.1 Å². The van der Waals surface area contributed by atoms with Gasteiger partial charge in [-0.3, -0.25) is 14.8 Å². The zero-order valence-electron chi connectivity index (χ0n) is 10.9. The molecule has 1 atom stereocenters. The van der Waals surface area contributed by atoms with Gasteiger partial charge in [0.15, 0.2) is 5.25 Å². The SMILES string of the molecule is CC1=NC(=O)NC(=O)C1S(=O)(=O)Nc1cccc(C)c1. The second kappa shape index (κ2) is 5.04. The van der Waals surface area contributed by atoms with Gasteiger partial charge in [0.25, 0.3) is 5.91 Å². The summed E-state index contributed by atoms with van der Waals surface area (Å²) in [4.78, 5) is 26.2. The van der Waals surface area contributed by atoms with Crippen LogP contribution in [0.4, 0.5) is 10.5 Å². The van der Waals surface area contributed by atoms with Crippen molar-refractivity contribution in [1.82, 2.24) is 5.32 Å². The number of benzene rings is 1. The van der Waals surface area contributed by atoms with Gasteiger partial charge in [-0.05, 0) is 31.5 Å². The van der Waals surface area contributed by atoms with E-state index in [2.05, 4.69) is 9.71 Å². The van der Waals surface area contributed by atoms with Gasteiger partial charge >= 0.3 is 6.03 Å². The second-order valence-electron chi connectivity index (χ2n) is 4.44. The summed E-state index contributed by atoms with van der Waals surface area (Å²) in [5.74, 6) is -0.900. The van der Waals surface area contributed by atoms with E-state index in [1.807, 2.05) is 18.3 Å². The quantitative estimate of drug-likeness (QED) is 0.861. The first-order valence-electron chi connectivity index (χ1n) is 5.78. The number of hydrogen-bond donors (Lipinski definition) is 2. The molecule has 0 bridgehead atoms. The summed E-state index contributed by atoms with van der Waals surface area (Å²) >= 11 is 0. The van der Waals surface area contributed by atoms with Crippen molar-refractivity contribution in [3.8, 4) is 0 Å². The van der Waals surface area contributed by atoms with E-state index in [1.165, 1.54) is 6.92 Å². The molecule has 1 heterocycles. The van der Waals surface area contributed by atoms with Crippen molar-refractivity contribution in [3.63, 3.8) is 0 Å². The molecule has 3 amide bonds. The lowest BCUT2D eigenvalue weighted by molar-refractivity contribution is -0.118. The fourth-order valence-corrected chi connectivity index (χ4v) is 3.32. The number of amides is 3. The van der Waals surface area contributed by atoms with Crippen LogP contribution in [0, 0.1) is 6.92 Å². The Hall–Kier alpha value is -2.22. The molecule has 2 N–H and O–H groups in total. The highest BCUT2D eigenvalue weighted by Crippen LogP contribution is 2.16. The number of imide groups is 1. The third-order valence-corrected chi connectivity index (χ3v) is 4.41. The van der Waals surface area contributed by atoms with Crippen molar-refractivity contribution in [2.75, 3.05) is 4.72 Å². The van der Waals surface area contributed by atoms with Crippen LogP contribution in [0.2, 0.25) is 0 Å². The van der Waals surface area contributed by atoms with Crippen LogP contribution in [0.15, 0.2) is 29.3 Å². The van der Waals surface area contributed by atoms with Crippen LogP contribution < -0.4 is 10.0 Å². The molecule has 8 heteroatoms. The third kappa shape index (κ3) is 2.85. The standard InChI is InChI=1S/C12H13N3O4S/c1-7-4-3-5-9(6-7)15-20(18,19)10-8(2)13-12(17)14-11(10)16/h3-6,10,15H,1-2H3,(H,14,16,17). The Kier molecular flexibility index (Phi) is 3.58. The van der Waals surface area contributed by atoms with Gasteiger partial charge in [0.1, 0.15) is 0 Å². The first-order chi connectivity index (χ1) is 9.29. The normalized spacial score (nSPS) is 19.3. The number of carbonyl (C=O) groups is 2. The third-order valence-electron chi connectivity index (χ3n) is 2.71. The summed E-state index contributed by atoms with van der Waals surface area (Å²) in [6, 6.07) is 5.86. The fraction of sp³-hybridized carbons (Fsp3) is 0.250. The number of hydrogen-bond acceptors (Lipinski definition) is 4. The monoisotopic (exact) mass is 295 g/mol. The van der Waals surface area contributed by atoms with E-state index in [9.17, 15) is 18.0 Å². The Bertz CT molecular complexity index is 709. The molecule has 20 heavy (non-hydrogen) atoms. The molecule has 0 saturated carbocycles. The molecule has 0 spiro atoms. The minimum atomic E-state index is -4.02. The van der Waals surface area contributed by atoms with Gasteiger partial charge in [-0.15, -0.1) is 0 Å². The van der Waals surface area contributed by atoms with Crippen LogP contribution in [0.25, 0.3) is 0 Å². The number of sulfonamides is 1. The Balaban J connectivity index is 2.33. The number of urea groups is 1. The van der Waals surface area contributed by atoms with E-state index in [-0.39, 0.29) is 5.71 Å². The fourth-order valence-electron chi connectivity index (χ4n) is 1.90. The molecule has 0 fully saturated rings. The van der Waals surface area contributed by atoms with Gasteiger partial charge in [0.05, 0.1) is 5.71 Å². The van der Waals surface area contributed by atoms with E-state index < -0.39 is 27.2 Å². The molecular weight excluding hydrogens is 282 g/mol. The number of nitrogens with zero attached hydrogens (tertiary/aromatic N) is 1. The lowest BCUT2D eigenvalue weighted by atomic mass is 10.2. The van der Waals surface area contributed by atoms with Crippen molar-refractivity contribution in [2.24, 2.45) is 4.99 Å². The van der Waals surface area contributed by atoms with Crippen molar-refractivity contribution in [3.05, 3.63) is 29.8 Å². The zero-order chi connectivity index (χ0) is 14.9. The van der Waals surface area contributed by atoms with Gasteiger partial charge in [-0.25, -0.2) is 18.2 Å². The predicted octanol–water partition coefficient (Wildman–Crippen LogP) is 0.816. The number of carbonyl (C=O) groups excluding carboxylic acids is 2. The van der Waals surface area contributed by atoms with Gasteiger partial charge < -0.3 is 0 Å². The summed E-state index contributed by atoms with van der Waals surface area (Å²) < 4.78 is 26.8. The maximum atomic E-state index is 12.2. The average Bonchev–Trinajstić information content (AvgIpc) is 2.25. The molecule has 1 unspecified atom stereocenters. The molecule has 1 aromatic rings. The molecule has 0 aliphatic carbocycles. The Morgan fingerprint density at radius 3 is 2.55 bits per heavy atom. The van der Waals surface area contributed by atoms with Crippen LogP contribution in [0.5, 0.6) is 0 Å². The molecule has 106 valence electrons. The number of anilines is 1. The van der Waals surface area contributed by atoms with Gasteiger partial charge in [-0.2, -0.15) is 0 Å². The van der Waals surface area contributed by atoms with E-state index in [0.29, 0.717) is 5.69 Å². The Morgan fingerprint density at radius 1 is 1.25 bits per heavy atom. The molecular formula is C12H13N3O4S. The van der Waals surface area contributed by atoms with E-state index >= 15 is 0 Å². The summed E-state index contributed by atoms with van der Waals surface area (Å²) in [7, 11) is -4.02. The summed E-state index contributed by atoms with van der Waals surface area (Å²) in [6.07, 6.45) is 0. The maximum absolute atomic E-state index is 12.2. The van der Waals surface area contributed by atoms with Crippen LogP contribution in [-0.4, -0.2) is 31.3 Å². The number of rotatable bonds is 3. The zero-order valence-corrected chi connectivity index (χ0v) is 11.7. The largest absolute Gasteiger partial charge is 0.347 e. The molecule has 0 radical (unpaired) electrons. The minimum absolute atomic E-state index is 0.0566. The summed E-state index contributed by atoms with van der Waals surface area (Å²) in [5, 5.41) is 0.365. The Labute approximate surface area is 116 Å². The average molecular weight is 295 g/mol. The second-order valence-corrected chi connectivity index (χ2v) is 6.21. The van der Waals surface area contributed by atoms with E-state index in [0.717, 1.165) is 5.56 Å². The smallest absolute Gasteiger partial charge is 0.283 e. The predicted molar refractivity (Wildman–Crippen MR) is 74.2 cm³/mol. The van der Waals surface area contributed by atoms with Crippen LogP contribution in [0.1, 0.15) is 12.5 Å². The highest BCUT2D eigenvalue weighted by Gasteiger charge is 2.39. The van der Waals surface area contributed by atoms with Crippen LogP contribution in [0.3, 0.4) is 0 Å². The number of nitrogens with one attached hydrogen (secondary N) is 2. The minimum Gasteiger partial charge on any atom is -0.283 e. The molecule has 2 rings (SSSR count). The summed E-state index contributed by atoms with van der Waals surface area (Å²) in [6.45, 7) is 3.15. The number of aliphatic imine (C=N–C) groups is 1. The number of aryl methyl sites for hydroxylation is 1. The van der Waals surface area contributed by atoms with Gasteiger partial charge in [-0.1, -0.05) is 12.1 Å². The van der Waals surface area contributed by atoms with Crippen molar-refractivity contribution in [1.29, 1.82) is 0 Å². The highest BCUT2D eigenvalue weighted by molar-refractivity contribution is 7.94. The maximum Gasteiger partial charge on any atom is 0.347 e. The first kappa shape index (κ1) is 14.2. The van der Waals surface area contributed by atoms with Gasteiger partial charge in [0.2, 0.25) is 10.0 Å². The molecule has 7 nitrogen and oxygen atoms in total. The van der Waals surface area contributed by atoms with Crippen LogP contribution in [-0.2, 0) is 14.8 Å². The molecule has 0 saturated heterocycles. The lowest BCUT2D eigenvalue weighted by Gasteiger charge is -2.20. The lowest BCUT2D eigenvalue weighted by Crippen LogP contribution is -2.51. The Morgan fingerprint density at radius 2 is 1.95 bits per heavy atom. The molecule has 0 aromatic heterocycles. The summed E-state index contributed by atoms with van der Waals surface area (Å²) in [5.41, 5.74) is 1.17. The van der Waals surface area contributed by atoms with E-state index in [4.69, 9.17) is 0 Å². The van der Waals surface area contributed by atoms with Gasteiger partial charge in [0, 0.05) is 5.69 Å².